The van der Waals surface area contributed by atoms with Gasteiger partial charge in [0.05, 0.1) is 0 Å². The molecular weight excluding hydrogens is 220 g/mol. The third-order valence-corrected chi connectivity index (χ3v) is 3.79. The summed E-state index contributed by atoms with van der Waals surface area (Å²) in [5.74, 6) is 0.497. The van der Waals surface area contributed by atoms with Crippen molar-refractivity contribution in [2.75, 3.05) is 13.1 Å². The highest BCUT2D eigenvalue weighted by molar-refractivity contribution is 7.09. The van der Waals surface area contributed by atoms with E-state index in [1.807, 2.05) is 18.4 Å². The number of nitrogens with zero attached hydrogens (tertiary/aromatic N) is 1. The molecule has 1 N–H and O–H groups in total. The van der Waals surface area contributed by atoms with E-state index in [1.165, 1.54) is 11.3 Å². The minimum atomic E-state index is 0.178. The Hall–Kier alpha value is -0.610. The Morgan fingerprint density at radius 2 is 2.12 bits per heavy atom. The highest BCUT2D eigenvalue weighted by atomic mass is 32.1. The molecule has 1 atom stereocenters. The highest BCUT2D eigenvalue weighted by Gasteiger charge is 2.10. The largest absolute Gasteiger partial charge is 0.316 e. The van der Waals surface area contributed by atoms with Crippen molar-refractivity contribution in [1.29, 1.82) is 0 Å². The maximum Gasteiger partial charge on any atom is 0.307 e. The molecule has 0 aliphatic rings. The third-order valence-electron chi connectivity index (χ3n) is 2.79. The Morgan fingerprint density at radius 1 is 1.44 bits per heavy atom. The first kappa shape index (κ1) is 13.5. The van der Waals surface area contributed by atoms with Crippen molar-refractivity contribution in [2.24, 2.45) is 5.92 Å². The molecule has 16 heavy (non-hydrogen) atoms. The fourth-order valence-electron chi connectivity index (χ4n) is 1.70. The van der Waals surface area contributed by atoms with Gasteiger partial charge in [0.2, 0.25) is 0 Å². The van der Waals surface area contributed by atoms with Gasteiger partial charge in [-0.25, -0.2) is 0 Å². The molecule has 0 spiro atoms. The zero-order chi connectivity index (χ0) is 12.1. The van der Waals surface area contributed by atoms with Gasteiger partial charge < -0.3 is 9.88 Å². The molecule has 0 aliphatic carbocycles. The van der Waals surface area contributed by atoms with Crippen LogP contribution in [0.2, 0.25) is 0 Å². The van der Waals surface area contributed by atoms with Gasteiger partial charge in [0, 0.05) is 17.1 Å². The van der Waals surface area contributed by atoms with Gasteiger partial charge in [0.1, 0.15) is 0 Å². The first-order valence-electron chi connectivity index (χ1n) is 5.93. The first-order chi connectivity index (χ1) is 7.56. The summed E-state index contributed by atoms with van der Waals surface area (Å²) >= 11 is 1.35. The number of aryl methyl sites for hydroxylation is 1. The van der Waals surface area contributed by atoms with Crippen molar-refractivity contribution < 1.29 is 0 Å². The maximum absolute atomic E-state index is 11.7. The van der Waals surface area contributed by atoms with Gasteiger partial charge >= 0.3 is 4.87 Å². The predicted molar refractivity (Wildman–Crippen MR) is 70.4 cm³/mol. The van der Waals surface area contributed by atoms with Crippen LogP contribution in [0.4, 0.5) is 0 Å². The van der Waals surface area contributed by atoms with Gasteiger partial charge in [0.25, 0.3) is 0 Å². The van der Waals surface area contributed by atoms with Gasteiger partial charge in [0.15, 0.2) is 0 Å². The second-order valence-corrected chi connectivity index (χ2v) is 5.60. The van der Waals surface area contributed by atoms with Gasteiger partial charge in [-0.2, -0.15) is 0 Å². The minimum Gasteiger partial charge on any atom is -0.316 e. The lowest BCUT2D eigenvalue weighted by Crippen LogP contribution is -2.27. The van der Waals surface area contributed by atoms with Crippen LogP contribution in [0, 0.1) is 19.8 Å². The van der Waals surface area contributed by atoms with Gasteiger partial charge in [-0.05, 0) is 39.3 Å². The summed E-state index contributed by atoms with van der Waals surface area (Å²) in [4.78, 5) is 13.0. The Morgan fingerprint density at radius 3 is 2.62 bits per heavy atom. The highest BCUT2D eigenvalue weighted by Crippen LogP contribution is 2.11. The molecule has 0 aromatic carbocycles. The van der Waals surface area contributed by atoms with Crippen LogP contribution in [0.25, 0.3) is 0 Å². The molecule has 0 fully saturated rings. The van der Waals surface area contributed by atoms with Crippen molar-refractivity contribution in [2.45, 2.75) is 40.7 Å². The topological polar surface area (TPSA) is 34.0 Å². The number of aromatic nitrogens is 1. The summed E-state index contributed by atoms with van der Waals surface area (Å²) in [5, 5.41) is 3.39. The van der Waals surface area contributed by atoms with Gasteiger partial charge in [-0.1, -0.05) is 25.2 Å². The minimum absolute atomic E-state index is 0.178. The van der Waals surface area contributed by atoms with Crippen molar-refractivity contribution in [3.05, 3.63) is 20.2 Å². The second-order valence-electron chi connectivity index (χ2n) is 4.43. The van der Waals surface area contributed by atoms with Crippen molar-refractivity contribution in [3.63, 3.8) is 0 Å². The van der Waals surface area contributed by atoms with Crippen LogP contribution < -0.4 is 10.2 Å². The standard InChI is InChI=1S/C12H22N2OS/c1-5-6-13-7-9(2)8-14-10(3)11(4)16-12(14)15/h9,13H,5-8H2,1-4H3. The van der Waals surface area contributed by atoms with E-state index in [2.05, 4.69) is 19.2 Å². The molecule has 4 heteroatoms. The average molecular weight is 242 g/mol. The van der Waals surface area contributed by atoms with Crippen LogP contribution in [0.3, 0.4) is 0 Å². The molecule has 0 saturated carbocycles. The van der Waals surface area contributed by atoms with Crippen molar-refractivity contribution >= 4 is 11.3 Å². The van der Waals surface area contributed by atoms with E-state index in [0.717, 1.165) is 36.6 Å². The maximum atomic E-state index is 11.7. The zero-order valence-corrected chi connectivity index (χ0v) is 11.5. The lowest BCUT2D eigenvalue weighted by atomic mass is 10.1. The third kappa shape index (κ3) is 3.46. The Bertz CT molecular complexity index is 381. The number of hydrogen-bond acceptors (Lipinski definition) is 3. The average Bonchev–Trinajstić information content (AvgIpc) is 2.46. The number of nitrogens with one attached hydrogen (secondary N) is 1. The summed E-state index contributed by atoms with van der Waals surface area (Å²) in [6.45, 7) is 11.2. The normalized spacial score (nSPS) is 13.0. The lowest BCUT2D eigenvalue weighted by Gasteiger charge is -2.13. The van der Waals surface area contributed by atoms with E-state index < -0.39 is 0 Å². The summed E-state index contributed by atoms with van der Waals surface area (Å²) < 4.78 is 1.90. The molecule has 1 heterocycles. The molecule has 3 nitrogen and oxygen atoms in total. The van der Waals surface area contributed by atoms with Crippen LogP contribution in [0.5, 0.6) is 0 Å². The first-order valence-corrected chi connectivity index (χ1v) is 6.75. The Kier molecular flexibility index (Phi) is 5.22. The zero-order valence-electron chi connectivity index (χ0n) is 10.7. The molecule has 0 radical (unpaired) electrons. The van der Waals surface area contributed by atoms with E-state index in [-0.39, 0.29) is 4.87 Å². The number of thiazole rings is 1. The molecular formula is C12H22N2OS. The van der Waals surface area contributed by atoms with Crippen LogP contribution in [0.15, 0.2) is 4.79 Å². The summed E-state index contributed by atoms with van der Waals surface area (Å²) in [7, 11) is 0. The molecule has 1 aromatic heterocycles. The van der Waals surface area contributed by atoms with E-state index >= 15 is 0 Å². The van der Waals surface area contributed by atoms with Crippen molar-refractivity contribution in [1.82, 2.24) is 9.88 Å². The van der Waals surface area contributed by atoms with Crippen LogP contribution in [-0.4, -0.2) is 17.7 Å². The molecule has 0 bridgehead atoms. The fourth-order valence-corrected chi connectivity index (χ4v) is 2.54. The summed E-state index contributed by atoms with van der Waals surface area (Å²) in [6.07, 6.45) is 1.16. The Labute approximate surface area is 101 Å². The summed E-state index contributed by atoms with van der Waals surface area (Å²) in [6, 6.07) is 0. The van der Waals surface area contributed by atoms with Crippen LogP contribution >= 0.6 is 11.3 Å². The molecule has 0 aliphatic heterocycles. The monoisotopic (exact) mass is 242 g/mol. The molecule has 0 amide bonds. The second kappa shape index (κ2) is 6.21. The van der Waals surface area contributed by atoms with Crippen molar-refractivity contribution in [3.8, 4) is 0 Å². The fraction of sp³-hybridized carbons (Fsp3) is 0.750. The lowest BCUT2D eigenvalue weighted by molar-refractivity contribution is 0.438. The number of hydrogen-bond donors (Lipinski definition) is 1. The van der Waals surface area contributed by atoms with E-state index in [9.17, 15) is 4.79 Å². The predicted octanol–water partition coefficient (Wildman–Crippen LogP) is 2.16. The van der Waals surface area contributed by atoms with Crippen LogP contribution in [0.1, 0.15) is 30.8 Å². The van der Waals surface area contributed by atoms with E-state index in [0.29, 0.717) is 5.92 Å². The molecule has 0 saturated heterocycles. The van der Waals surface area contributed by atoms with E-state index in [1.54, 1.807) is 0 Å². The summed E-state index contributed by atoms with van der Waals surface area (Å²) in [5.41, 5.74) is 1.12. The van der Waals surface area contributed by atoms with Gasteiger partial charge in [-0.3, -0.25) is 4.79 Å². The van der Waals surface area contributed by atoms with Crippen LogP contribution in [-0.2, 0) is 6.54 Å². The van der Waals surface area contributed by atoms with Gasteiger partial charge in [-0.15, -0.1) is 0 Å². The molecule has 1 aromatic rings. The Balaban J connectivity index is 2.56. The number of rotatable bonds is 6. The van der Waals surface area contributed by atoms with E-state index in [4.69, 9.17) is 0 Å². The molecule has 1 rings (SSSR count). The smallest absolute Gasteiger partial charge is 0.307 e. The SMILES string of the molecule is CCCNCC(C)Cn1c(C)c(C)sc1=O. The molecule has 1 unspecified atom stereocenters. The molecule has 92 valence electrons. The quantitative estimate of drug-likeness (QED) is 0.776.